The first-order chi connectivity index (χ1) is 10.7. The van der Waals surface area contributed by atoms with Crippen LogP contribution in [-0.4, -0.2) is 23.5 Å². The van der Waals surface area contributed by atoms with E-state index in [4.69, 9.17) is 11.6 Å². The van der Waals surface area contributed by atoms with E-state index in [1.165, 1.54) is 12.8 Å². The smallest absolute Gasteiger partial charge is 0.269 e. The third kappa shape index (κ3) is 4.21. The minimum absolute atomic E-state index is 0.151. The number of amides is 1. The van der Waals surface area contributed by atoms with Gasteiger partial charge in [0.05, 0.1) is 0 Å². The third-order valence-electron chi connectivity index (χ3n) is 3.53. The fourth-order valence-electron chi connectivity index (χ4n) is 2.21. The predicted octanol–water partition coefficient (Wildman–Crippen LogP) is 3.28. The average Bonchev–Trinajstić information content (AvgIpc) is 3.31. The van der Waals surface area contributed by atoms with Gasteiger partial charge in [-0.3, -0.25) is 9.78 Å². The van der Waals surface area contributed by atoms with Gasteiger partial charge in [0.15, 0.2) is 0 Å². The lowest BCUT2D eigenvalue weighted by atomic mass is 10.1. The molecule has 1 aliphatic rings. The van der Waals surface area contributed by atoms with Crippen LogP contribution in [0.2, 0.25) is 5.02 Å². The summed E-state index contributed by atoms with van der Waals surface area (Å²) in [6.07, 6.45) is 4.80. The number of aromatic nitrogens is 1. The molecule has 0 bridgehead atoms. The van der Waals surface area contributed by atoms with Crippen LogP contribution in [0.1, 0.15) is 28.9 Å². The van der Waals surface area contributed by atoms with Crippen LogP contribution in [0.4, 0.5) is 5.69 Å². The van der Waals surface area contributed by atoms with Crippen molar-refractivity contribution in [2.24, 2.45) is 0 Å². The number of nitrogens with zero attached hydrogens (tertiary/aromatic N) is 1. The van der Waals surface area contributed by atoms with E-state index >= 15 is 0 Å². The molecule has 1 aliphatic carbocycles. The van der Waals surface area contributed by atoms with Crippen molar-refractivity contribution in [1.29, 1.82) is 0 Å². The van der Waals surface area contributed by atoms with Crippen molar-refractivity contribution in [2.75, 3.05) is 11.9 Å². The number of nitrogens with one attached hydrogen (secondary N) is 2. The Labute approximate surface area is 134 Å². The Bertz CT molecular complexity index is 670. The van der Waals surface area contributed by atoms with Gasteiger partial charge in [-0.05, 0) is 49.1 Å². The van der Waals surface area contributed by atoms with Crippen molar-refractivity contribution in [1.82, 2.24) is 10.3 Å². The van der Waals surface area contributed by atoms with Gasteiger partial charge in [-0.1, -0.05) is 23.7 Å². The summed E-state index contributed by atoms with van der Waals surface area (Å²) in [4.78, 5) is 16.3. The molecule has 1 aromatic carbocycles. The van der Waals surface area contributed by atoms with E-state index in [1.54, 1.807) is 12.3 Å². The molecule has 114 valence electrons. The normalized spacial score (nSPS) is 13.7. The summed E-state index contributed by atoms with van der Waals surface area (Å²) >= 11 is 5.94. The van der Waals surface area contributed by atoms with Gasteiger partial charge in [0.25, 0.3) is 5.91 Å². The topological polar surface area (TPSA) is 54.0 Å². The molecule has 0 atom stereocenters. The molecule has 2 N–H and O–H groups in total. The Kier molecular flexibility index (Phi) is 4.59. The number of halogens is 1. The second kappa shape index (κ2) is 6.79. The van der Waals surface area contributed by atoms with Gasteiger partial charge < -0.3 is 10.6 Å². The number of hydrogen-bond donors (Lipinski definition) is 2. The van der Waals surface area contributed by atoms with Crippen molar-refractivity contribution < 1.29 is 4.79 Å². The summed E-state index contributed by atoms with van der Waals surface area (Å²) in [6.45, 7) is 0.557. The zero-order valence-corrected chi connectivity index (χ0v) is 12.9. The summed E-state index contributed by atoms with van der Waals surface area (Å²) < 4.78 is 0. The Morgan fingerprint density at radius 3 is 2.91 bits per heavy atom. The zero-order valence-electron chi connectivity index (χ0n) is 12.2. The van der Waals surface area contributed by atoms with Crippen LogP contribution in [0.15, 0.2) is 42.6 Å². The largest absolute Gasteiger partial charge is 0.382 e. The number of carbonyl (C=O) groups is 1. The molecule has 0 saturated heterocycles. The van der Waals surface area contributed by atoms with Crippen LogP contribution in [0.5, 0.6) is 0 Å². The summed E-state index contributed by atoms with van der Waals surface area (Å²) in [5.41, 5.74) is 2.50. The van der Waals surface area contributed by atoms with Crippen LogP contribution in [0, 0.1) is 0 Å². The minimum atomic E-state index is -0.151. The van der Waals surface area contributed by atoms with E-state index in [9.17, 15) is 4.79 Å². The van der Waals surface area contributed by atoms with Crippen molar-refractivity contribution >= 4 is 23.2 Å². The molecule has 0 radical (unpaired) electrons. The molecule has 0 unspecified atom stereocenters. The Morgan fingerprint density at radius 2 is 2.14 bits per heavy atom. The second-order valence-electron chi connectivity index (χ2n) is 5.48. The highest BCUT2D eigenvalue weighted by molar-refractivity contribution is 6.30. The van der Waals surface area contributed by atoms with Crippen molar-refractivity contribution in [3.63, 3.8) is 0 Å². The lowest BCUT2D eigenvalue weighted by molar-refractivity contribution is 0.0949. The molecular weight excluding hydrogens is 298 g/mol. The van der Waals surface area contributed by atoms with Gasteiger partial charge in [0.1, 0.15) is 5.69 Å². The number of pyridine rings is 1. The zero-order chi connectivity index (χ0) is 15.4. The monoisotopic (exact) mass is 315 g/mol. The summed E-state index contributed by atoms with van der Waals surface area (Å²) in [6, 6.07) is 11.9. The van der Waals surface area contributed by atoms with Crippen LogP contribution in [0.3, 0.4) is 0 Å². The molecular formula is C17H18ClN3O. The first-order valence-electron chi connectivity index (χ1n) is 7.46. The number of hydrogen-bond acceptors (Lipinski definition) is 3. The maximum atomic E-state index is 12.1. The fraction of sp³-hybridized carbons (Fsp3) is 0.294. The first-order valence-corrected chi connectivity index (χ1v) is 7.84. The maximum absolute atomic E-state index is 12.1. The molecule has 4 nitrogen and oxygen atoms in total. The predicted molar refractivity (Wildman–Crippen MR) is 88.4 cm³/mol. The van der Waals surface area contributed by atoms with Crippen molar-refractivity contribution in [2.45, 2.75) is 25.3 Å². The standard InChI is InChI=1S/C17H18ClN3O/c18-13-3-1-2-12(10-13)6-8-20-17(22)16-11-15(7-9-19-16)21-14-4-5-14/h1-3,7,9-11,14H,4-6,8H2,(H,19,21)(H,20,22). The Hall–Kier alpha value is -2.07. The molecule has 1 aromatic heterocycles. The fourth-order valence-corrected chi connectivity index (χ4v) is 2.42. The quantitative estimate of drug-likeness (QED) is 0.860. The summed E-state index contributed by atoms with van der Waals surface area (Å²) in [5, 5.41) is 6.97. The van der Waals surface area contributed by atoms with Gasteiger partial charge in [-0.15, -0.1) is 0 Å². The lowest BCUT2D eigenvalue weighted by Gasteiger charge is -2.08. The van der Waals surface area contributed by atoms with E-state index in [-0.39, 0.29) is 5.91 Å². The second-order valence-corrected chi connectivity index (χ2v) is 5.92. The number of anilines is 1. The van der Waals surface area contributed by atoms with E-state index in [2.05, 4.69) is 15.6 Å². The number of rotatable bonds is 6. The van der Waals surface area contributed by atoms with Crippen LogP contribution in [-0.2, 0) is 6.42 Å². The molecule has 1 saturated carbocycles. The number of carbonyl (C=O) groups excluding carboxylic acids is 1. The SMILES string of the molecule is O=C(NCCc1cccc(Cl)c1)c1cc(NC2CC2)ccn1. The van der Waals surface area contributed by atoms with Crippen LogP contribution in [0.25, 0.3) is 0 Å². The molecule has 1 fully saturated rings. The van der Waals surface area contributed by atoms with Gasteiger partial charge in [0, 0.05) is 29.5 Å². The van der Waals surface area contributed by atoms with Crippen LogP contribution >= 0.6 is 11.6 Å². The summed E-state index contributed by atoms with van der Waals surface area (Å²) in [7, 11) is 0. The van der Waals surface area contributed by atoms with Gasteiger partial charge in [-0.25, -0.2) is 0 Å². The van der Waals surface area contributed by atoms with E-state index in [1.807, 2.05) is 30.3 Å². The van der Waals surface area contributed by atoms with Crippen molar-refractivity contribution in [3.8, 4) is 0 Å². The van der Waals surface area contributed by atoms with Gasteiger partial charge in [-0.2, -0.15) is 0 Å². The summed E-state index contributed by atoms with van der Waals surface area (Å²) in [5.74, 6) is -0.151. The van der Waals surface area contributed by atoms with E-state index in [0.29, 0.717) is 23.3 Å². The Balaban J connectivity index is 1.53. The first kappa shape index (κ1) is 14.9. The highest BCUT2D eigenvalue weighted by Crippen LogP contribution is 2.24. The molecule has 0 aliphatic heterocycles. The minimum Gasteiger partial charge on any atom is -0.382 e. The van der Waals surface area contributed by atoms with E-state index in [0.717, 1.165) is 17.7 Å². The third-order valence-corrected chi connectivity index (χ3v) is 3.76. The molecule has 1 amide bonds. The lowest BCUT2D eigenvalue weighted by Crippen LogP contribution is -2.26. The highest BCUT2D eigenvalue weighted by Gasteiger charge is 2.21. The Morgan fingerprint density at radius 1 is 1.27 bits per heavy atom. The van der Waals surface area contributed by atoms with E-state index < -0.39 is 0 Å². The van der Waals surface area contributed by atoms with Gasteiger partial charge >= 0.3 is 0 Å². The highest BCUT2D eigenvalue weighted by atomic mass is 35.5. The maximum Gasteiger partial charge on any atom is 0.269 e. The van der Waals surface area contributed by atoms with Gasteiger partial charge in [0.2, 0.25) is 0 Å². The van der Waals surface area contributed by atoms with Crippen LogP contribution < -0.4 is 10.6 Å². The molecule has 1 heterocycles. The van der Waals surface area contributed by atoms with Crippen molar-refractivity contribution in [3.05, 3.63) is 58.9 Å². The molecule has 22 heavy (non-hydrogen) atoms. The molecule has 2 aromatic rings. The molecule has 5 heteroatoms. The molecule has 0 spiro atoms. The average molecular weight is 316 g/mol. The molecule has 3 rings (SSSR count). The number of benzene rings is 1.